The highest BCUT2D eigenvalue weighted by Gasteiger charge is 2.31. The van der Waals surface area contributed by atoms with E-state index in [1.165, 1.54) is 11.3 Å². The van der Waals surface area contributed by atoms with Crippen molar-refractivity contribution in [2.24, 2.45) is 0 Å². The smallest absolute Gasteiger partial charge is 0.244 e. The first-order valence-corrected chi connectivity index (χ1v) is 15.9. The number of benzene rings is 3. The summed E-state index contributed by atoms with van der Waals surface area (Å²) in [7, 11) is -3.82. The van der Waals surface area contributed by atoms with Crippen molar-refractivity contribution in [3.8, 4) is 11.5 Å². The predicted molar refractivity (Wildman–Crippen MR) is 161 cm³/mol. The molecular weight excluding hydrogens is 538 g/mol. The van der Waals surface area contributed by atoms with Crippen molar-refractivity contribution in [3.05, 3.63) is 90.0 Å². The van der Waals surface area contributed by atoms with Gasteiger partial charge in [-0.15, -0.1) is 0 Å². The summed E-state index contributed by atoms with van der Waals surface area (Å²) >= 11 is 0. The minimum Gasteiger partial charge on any atom is -0.457 e. The molecule has 0 radical (unpaired) electrons. The van der Waals surface area contributed by atoms with E-state index in [0.717, 1.165) is 47.4 Å². The van der Waals surface area contributed by atoms with E-state index in [0.29, 0.717) is 17.2 Å². The zero-order valence-electron chi connectivity index (χ0n) is 24.0. The molecule has 0 aromatic heterocycles. The molecule has 218 valence electrons. The number of hydrogen-bond acceptors (Lipinski definition) is 5. The summed E-state index contributed by atoms with van der Waals surface area (Å²) in [6.07, 6.45) is 6.24. The van der Waals surface area contributed by atoms with Gasteiger partial charge in [-0.2, -0.15) is 0 Å². The highest BCUT2D eigenvalue weighted by Crippen LogP contribution is 2.26. The molecule has 1 atom stereocenters. The molecule has 1 aliphatic rings. The van der Waals surface area contributed by atoms with E-state index in [9.17, 15) is 18.0 Å². The van der Waals surface area contributed by atoms with Crippen LogP contribution in [0.3, 0.4) is 0 Å². The second kappa shape index (κ2) is 13.7. The van der Waals surface area contributed by atoms with Gasteiger partial charge in [0.05, 0.1) is 11.9 Å². The molecule has 4 rings (SSSR count). The average Bonchev–Trinajstić information content (AvgIpc) is 2.96. The maximum atomic E-state index is 13.8. The summed E-state index contributed by atoms with van der Waals surface area (Å²) in [5.41, 5.74) is 2.27. The molecule has 8 nitrogen and oxygen atoms in total. The Morgan fingerprint density at radius 1 is 0.902 bits per heavy atom. The fourth-order valence-electron chi connectivity index (χ4n) is 4.96. The highest BCUT2D eigenvalue weighted by molar-refractivity contribution is 7.92. The van der Waals surface area contributed by atoms with E-state index in [1.807, 2.05) is 61.5 Å². The lowest BCUT2D eigenvalue weighted by Crippen LogP contribution is -2.52. The number of anilines is 1. The molecule has 0 saturated heterocycles. The van der Waals surface area contributed by atoms with Gasteiger partial charge >= 0.3 is 0 Å². The highest BCUT2D eigenvalue weighted by atomic mass is 32.2. The van der Waals surface area contributed by atoms with E-state index >= 15 is 0 Å². The maximum Gasteiger partial charge on any atom is 0.244 e. The Labute approximate surface area is 243 Å². The molecule has 0 spiro atoms. The number of sulfonamides is 1. The molecule has 3 aromatic rings. The minimum atomic E-state index is -3.82. The molecular formula is C32H39N3O5S. The van der Waals surface area contributed by atoms with E-state index in [4.69, 9.17) is 4.74 Å². The van der Waals surface area contributed by atoms with Crippen molar-refractivity contribution in [2.75, 3.05) is 17.1 Å². The van der Waals surface area contributed by atoms with Gasteiger partial charge in [0.25, 0.3) is 0 Å². The largest absolute Gasteiger partial charge is 0.457 e. The predicted octanol–water partition coefficient (Wildman–Crippen LogP) is 5.42. The Morgan fingerprint density at radius 2 is 1.51 bits per heavy atom. The average molecular weight is 578 g/mol. The van der Waals surface area contributed by atoms with Crippen LogP contribution in [0.4, 0.5) is 5.69 Å². The third-order valence-corrected chi connectivity index (χ3v) is 8.52. The quantitative estimate of drug-likeness (QED) is 0.328. The van der Waals surface area contributed by atoms with Gasteiger partial charge in [-0.1, -0.05) is 67.3 Å². The van der Waals surface area contributed by atoms with Crippen molar-refractivity contribution >= 4 is 27.5 Å². The summed E-state index contributed by atoms with van der Waals surface area (Å²) < 4.78 is 32.6. The van der Waals surface area contributed by atoms with Crippen LogP contribution in [0.2, 0.25) is 0 Å². The van der Waals surface area contributed by atoms with E-state index < -0.39 is 28.5 Å². The molecule has 9 heteroatoms. The standard InChI is InChI=1S/C32H39N3O5S/c1-24-14-16-26(17-15-24)22-34(25(2)32(37)33-27-10-6-4-7-11-27)31(36)23-35(41(3,38)39)28-18-20-30(21-19-28)40-29-12-8-5-9-13-29/h5,8-9,12-21,25,27H,4,6-7,10-11,22-23H2,1-3H3,(H,33,37)/t25-/m0/s1. The van der Waals surface area contributed by atoms with Crippen LogP contribution in [0.15, 0.2) is 78.9 Å². The molecule has 0 heterocycles. The zero-order valence-corrected chi connectivity index (χ0v) is 24.8. The number of rotatable bonds is 11. The second-order valence-corrected chi connectivity index (χ2v) is 12.6. The van der Waals surface area contributed by atoms with Gasteiger partial charge in [0.1, 0.15) is 24.1 Å². The van der Waals surface area contributed by atoms with E-state index in [1.54, 1.807) is 31.2 Å². The number of carbonyl (C=O) groups excluding carboxylic acids is 2. The maximum absolute atomic E-state index is 13.8. The van der Waals surface area contributed by atoms with Crippen molar-refractivity contribution in [1.82, 2.24) is 10.2 Å². The number of hydrogen-bond donors (Lipinski definition) is 1. The first-order valence-electron chi connectivity index (χ1n) is 14.1. The molecule has 0 bridgehead atoms. The van der Waals surface area contributed by atoms with E-state index in [2.05, 4.69) is 5.32 Å². The summed E-state index contributed by atoms with van der Waals surface area (Å²) in [6, 6.07) is 22.8. The van der Waals surface area contributed by atoms with Crippen LogP contribution in [0.25, 0.3) is 0 Å². The number of nitrogens with one attached hydrogen (secondary N) is 1. The molecule has 3 aromatic carbocycles. The van der Waals surface area contributed by atoms with Crippen LogP contribution in [0, 0.1) is 6.92 Å². The fraction of sp³-hybridized carbons (Fsp3) is 0.375. The fourth-order valence-corrected chi connectivity index (χ4v) is 5.81. The number of para-hydroxylation sites is 1. The molecule has 1 fully saturated rings. The second-order valence-electron chi connectivity index (χ2n) is 10.7. The van der Waals surface area contributed by atoms with Crippen LogP contribution >= 0.6 is 0 Å². The summed E-state index contributed by atoms with van der Waals surface area (Å²) in [5, 5.41) is 3.11. The third-order valence-electron chi connectivity index (χ3n) is 7.38. The van der Waals surface area contributed by atoms with Crippen LogP contribution in [-0.4, -0.2) is 50.0 Å². The molecule has 0 aliphatic heterocycles. The SMILES string of the molecule is Cc1ccc(CN(C(=O)CN(c2ccc(Oc3ccccc3)cc2)S(C)(=O)=O)[C@@H](C)C(=O)NC2CCCCC2)cc1. The van der Waals surface area contributed by atoms with Crippen LogP contribution in [0.5, 0.6) is 11.5 Å². The lowest BCUT2D eigenvalue weighted by Gasteiger charge is -2.33. The Morgan fingerprint density at radius 3 is 2.12 bits per heavy atom. The summed E-state index contributed by atoms with van der Waals surface area (Å²) in [6.45, 7) is 3.42. The molecule has 1 saturated carbocycles. The van der Waals surface area contributed by atoms with Gasteiger partial charge in [0.15, 0.2) is 0 Å². The zero-order chi connectivity index (χ0) is 29.4. The number of ether oxygens (including phenoxy) is 1. The van der Waals surface area contributed by atoms with Gasteiger partial charge in [-0.25, -0.2) is 8.42 Å². The van der Waals surface area contributed by atoms with Gasteiger partial charge in [-0.05, 0) is 68.7 Å². The summed E-state index contributed by atoms with van der Waals surface area (Å²) in [5.74, 6) is 0.494. The van der Waals surface area contributed by atoms with Crippen molar-refractivity contribution in [2.45, 2.75) is 64.6 Å². The third kappa shape index (κ3) is 8.57. The van der Waals surface area contributed by atoms with Gasteiger partial charge in [0.2, 0.25) is 21.8 Å². The van der Waals surface area contributed by atoms with Crippen LogP contribution in [0.1, 0.15) is 50.2 Å². The Kier molecular flexibility index (Phi) is 10.0. The molecule has 2 amide bonds. The lowest BCUT2D eigenvalue weighted by molar-refractivity contribution is -0.139. The lowest BCUT2D eigenvalue weighted by atomic mass is 9.95. The Bertz CT molecular complexity index is 1400. The van der Waals surface area contributed by atoms with Crippen molar-refractivity contribution in [3.63, 3.8) is 0 Å². The molecule has 1 N–H and O–H groups in total. The first-order chi connectivity index (χ1) is 19.6. The van der Waals surface area contributed by atoms with Crippen LogP contribution in [-0.2, 0) is 26.2 Å². The first kappa shape index (κ1) is 30.1. The molecule has 41 heavy (non-hydrogen) atoms. The monoisotopic (exact) mass is 577 g/mol. The van der Waals surface area contributed by atoms with Crippen molar-refractivity contribution < 1.29 is 22.7 Å². The van der Waals surface area contributed by atoms with Gasteiger partial charge < -0.3 is 15.0 Å². The summed E-state index contributed by atoms with van der Waals surface area (Å²) in [4.78, 5) is 28.6. The van der Waals surface area contributed by atoms with Gasteiger partial charge in [-0.3, -0.25) is 13.9 Å². The Hall–Kier alpha value is -3.85. The number of aryl methyl sites for hydroxylation is 1. The number of nitrogens with zero attached hydrogens (tertiary/aromatic N) is 2. The number of amides is 2. The molecule has 1 aliphatic carbocycles. The van der Waals surface area contributed by atoms with Crippen LogP contribution < -0.4 is 14.4 Å². The molecule has 0 unspecified atom stereocenters. The topological polar surface area (TPSA) is 96.0 Å². The number of carbonyl (C=O) groups is 2. The normalized spacial score (nSPS) is 14.6. The van der Waals surface area contributed by atoms with E-state index in [-0.39, 0.29) is 18.5 Å². The Balaban J connectivity index is 1.54. The minimum absolute atomic E-state index is 0.0964. The van der Waals surface area contributed by atoms with Crippen molar-refractivity contribution in [1.29, 1.82) is 0 Å². The van der Waals surface area contributed by atoms with Gasteiger partial charge in [0, 0.05) is 12.6 Å².